The van der Waals surface area contributed by atoms with Gasteiger partial charge in [-0.25, -0.2) is 4.68 Å². The van der Waals surface area contributed by atoms with Crippen molar-refractivity contribution in [3.8, 4) is 11.8 Å². The van der Waals surface area contributed by atoms with Crippen LogP contribution < -0.4 is 5.32 Å². The molecule has 3 rings (SSSR count). The number of para-hydroxylation sites is 1. The molecule has 1 aromatic heterocycles. The number of nitrogens with one attached hydrogen (secondary N) is 1. The topological polar surface area (TPSA) is 70.7 Å². The Balaban J connectivity index is 1.96. The smallest absolute Gasteiger partial charge is 0.266 e. The lowest BCUT2D eigenvalue weighted by molar-refractivity contribution is -0.112. The summed E-state index contributed by atoms with van der Waals surface area (Å²) in [5.74, 6) is -0.596. The maximum Gasteiger partial charge on any atom is 0.266 e. The Morgan fingerprint density at radius 3 is 2.61 bits per heavy atom. The summed E-state index contributed by atoms with van der Waals surface area (Å²) in [4.78, 5) is 12.5. The molecule has 5 nitrogen and oxygen atoms in total. The van der Waals surface area contributed by atoms with Crippen LogP contribution in [0.15, 0.2) is 54.1 Å². The van der Waals surface area contributed by atoms with Crippen molar-refractivity contribution in [2.24, 2.45) is 0 Å². The first-order chi connectivity index (χ1) is 13.4. The fourth-order valence-corrected chi connectivity index (χ4v) is 3.19. The van der Waals surface area contributed by atoms with E-state index in [2.05, 4.69) is 10.4 Å². The number of nitrogens with zero attached hydrogens (tertiary/aromatic N) is 3. The van der Waals surface area contributed by atoms with Crippen molar-refractivity contribution in [3.05, 3.63) is 80.6 Å². The van der Waals surface area contributed by atoms with Crippen LogP contribution in [0.25, 0.3) is 11.8 Å². The lowest BCUT2D eigenvalue weighted by Gasteiger charge is -2.06. The predicted molar refractivity (Wildman–Crippen MR) is 112 cm³/mol. The van der Waals surface area contributed by atoms with Crippen LogP contribution in [0, 0.1) is 18.3 Å². The van der Waals surface area contributed by atoms with Gasteiger partial charge in [-0.2, -0.15) is 10.4 Å². The second-order valence-electron chi connectivity index (χ2n) is 5.79. The van der Waals surface area contributed by atoms with Crippen LogP contribution >= 0.6 is 34.8 Å². The summed E-state index contributed by atoms with van der Waals surface area (Å²) in [6.07, 6.45) is 1.40. The molecule has 0 saturated carbocycles. The largest absolute Gasteiger partial charge is 0.320 e. The molecule has 1 heterocycles. The van der Waals surface area contributed by atoms with Gasteiger partial charge < -0.3 is 5.32 Å². The number of anilines is 1. The first-order valence-electron chi connectivity index (χ1n) is 8.09. The van der Waals surface area contributed by atoms with Gasteiger partial charge in [0, 0.05) is 10.6 Å². The van der Waals surface area contributed by atoms with Crippen molar-refractivity contribution in [2.45, 2.75) is 6.92 Å². The van der Waals surface area contributed by atoms with E-state index in [0.29, 0.717) is 32.7 Å². The van der Waals surface area contributed by atoms with Crippen LogP contribution in [-0.4, -0.2) is 15.7 Å². The van der Waals surface area contributed by atoms with Crippen molar-refractivity contribution < 1.29 is 4.79 Å². The monoisotopic (exact) mass is 430 g/mol. The minimum Gasteiger partial charge on any atom is -0.320 e. The molecule has 0 atom stereocenters. The average molecular weight is 432 g/mol. The van der Waals surface area contributed by atoms with Gasteiger partial charge in [-0.1, -0.05) is 53.0 Å². The zero-order valence-electron chi connectivity index (χ0n) is 14.6. The number of carbonyl (C=O) groups excluding carboxylic acids is 1. The number of aryl methyl sites for hydroxylation is 1. The van der Waals surface area contributed by atoms with E-state index in [9.17, 15) is 10.1 Å². The molecular formula is C20H13Cl3N4O. The van der Waals surface area contributed by atoms with Crippen LogP contribution in [0.1, 0.15) is 11.3 Å². The fourth-order valence-electron chi connectivity index (χ4n) is 2.50. The van der Waals surface area contributed by atoms with Gasteiger partial charge in [0.05, 0.1) is 22.1 Å². The molecule has 0 saturated heterocycles. The predicted octanol–water partition coefficient (Wildman–Crippen LogP) is 5.69. The van der Waals surface area contributed by atoms with Crippen molar-refractivity contribution >= 4 is 52.5 Å². The van der Waals surface area contributed by atoms with Crippen molar-refractivity contribution in [1.82, 2.24) is 9.78 Å². The molecule has 3 aromatic rings. The first-order valence-corrected chi connectivity index (χ1v) is 9.23. The van der Waals surface area contributed by atoms with Gasteiger partial charge in [0.1, 0.15) is 16.8 Å². The number of hydrogen-bond donors (Lipinski definition) is 1. The van der Waals surface area contributed by atoms with E-state index in [4.69, 9.17) is 34.8 Å². The van der Waals surface area contributed by atoms with Gasteiger partial charge in [0.15, 0.2) is 0 Å². The van der Waals surface area contributed by atoms with E-state index in [1.54, 1.807) is 55.5 Å². The third kappa shape index (κ3) is 4.20. The Kier molecular flexibility index (Phi) is 6.05. The van der Waals surface area contributed by atoms with E-state index in [-0.39, 0.29) is 10.7 Å². The molecule has 0 aliphatic rings. The maximum absolute atomic E-state index is 12.5. The summed E-state index contributed by atoms with van der Waals surface area (Å²) in [5.41, 5.74) is 1.97. The van der Waals surface area contributed by atoms with E-state index in [1.807, 2.05) is 6.07 Å². The van der Waals surface area contributed by atoms with Crippen LogP contribution in [0.5, 0.6) is 0 Å². The normalized spacial score (nSPS) is 11.2. The quantitative estimate of drug-likeness (QED) is 0.426. The van der Waals surface area contributed by atoms with Gasteiger partial charge in [-0.3, -0.25) is 4.79 Å². The highest BCUT2D eigenvalue weighted by atomic mass is 35.5. The minimum absolute atomic E-state index is 0.129. The molecule has 28 heavy (non-hydrogen) atoms. The average Bonchev–Trinajstić information content (AvgIpc) is 2.95. The molecule has 0 unspecified atom stereocenters. The van der Waals surface area contributed by atoms with Crippen LogP contribution in [-0.2, 0) is 4.79 Å². The number of halogens is 3. The van der Waals surface area contributed by atoms with Crippen molar-refractivity contribution in [3.63, 3.8) is 0 Å². The minimum atomic E-state index is -0.596. The van der Waals surface area contributed by atoms with Gasteiger partial charge in [0.2, 0.25) is 0 Å². The van der Waals surface area contributed by atoms with Crippen molar-refractivity contribution in [2.75, 3.05) is 5.32 Å². The summed E-state index contributed by atoms with van der Waals surface area (Å²) in [6, 6.07) is 15.7. The van der Waals surface area contributed by atoms with Crippen LogP contribution in [0.2, 0.25) is 15.2 Å². The molecule has 0 fully saturated rings. The number of amides is 1. The van der Waals surface area contributed by atoms with Gasteiger partial charge in [-0.15, -0.1) is 0 Å². The van der Waals surface area contributed by atoms with E-state index in [0.717, 1.165) is 0 Å². The number of nitriles is 1. The molecule has 0 radical (unpaired) electrons. The highest BCUT2D eigenvalue weighted by molar-refractivity contribution is 6.34. The molecule has 0 aliphatic carbocycles. The summed E-state index contributed by atoms with van der Waals surface area (Å²) in [7, 11) is 0. The van der Waals surface area contributed by atoms with Gasteiger partial charge in [0.25, 0.3) is 5.91 Å². The number of benzene rings is 2. The summed E-state index contributed by atoms with van der Waals surface area (Å²) < 4.78 is 1.50. The maximum atomic E-state index is 12.5. The second-order valence-corrected chi connectivity index (χ2v) is 6.99. The zero-order valence-corrected chi connectivity index (χ0v) is 16.8. The molecule has 140 valence electrons. The van der Waals surface area contributed by atoms with Crippen LogP contribution in [0.3, 0.4) is 0 Å². The van der Waals surface area contributed by atoms with Crippen LogP contribution in [0.4, 0.5) is 5.69 Å². The molecule has 0 spiro atoms. The lowest BCUT2D eigenvalue weighted by Crippen LogP contribution is -2.13. The Morgan fingerprint density at radius 2 is 1.93 bits per heavy atom. The number of hydrogen-bond acceptors (Lipinski definition) is 3. The van der Waals surface area contributed by atoms with E-state index >= 15 is 0 Å². The standard InChI is InChI=1S/C20H13Cl3N4O/c1-12-16(19(23)27(26-12)15-6-4-5-14(21)10-15)9-13(11-24)20(28)25-18-8-3-2-7-17(18)22/h2-10H,1H3,(H,25,28). The second kappa shape index (κ2) is 8.49. The first kappa shape index (κ1) is 20.0. The van der Waals surface area contributed by atoms with Gasteiger partial charge >= 0.3 is 0 Å². The SMILES string of the molecule is Cc1nn(-c2cccc(Cl)c2)c(Cl)c1C=C(C#N)C(=O)Nc1ccccc1Cl. The number of carbonyl (C=O) groups is 1. The summed E-state index contributed by atoms with van der Waals surface area (Å²) >= 11 is 18.5. The van der Waals surface area contributed by atoms with Crippen molar-refractivity contribution in [1.29, 1.82) is 5.26 Å². The molecule has 0 aliphatic heterocycles. The third-order valence-corrected chi connectivity index (χ3v) is 4.80. The molecule has 0 bridgehead atoms. The molecule has 1 N–H and O–H groups in total. The zero-order chi connectivity index (χ0) is 20.3. The Morgan fingerprint density at radius 1 is 1.18 bits per heavy atom. The number of rotatable bonds is 4. The Labute approximate surface area is 176 Å². The molecule has 8 heteroatoms. The third-order valence-electron chi connectivity index (χ3n) is 3.88. The molecular weight excluding hydrogens is 419 g/mol. The highest BCUT2D eigenvalue weighted by Crippen LogP contribution is 2.27. The highest BCUT2D eigenvalue weighted by Gasteiger charge is 2.17. The summed E-state index contributed by atoms with van der Waals surface area (Å²) in [6.45, 7) is 1.74. The number of aromatic nitrogens is 2. The summed E-state index contributed by atoms with van der Waals surface area (Å²) in [5, 5.41) is 17.6. The van der Waals surface area contributed by atoms with E-state index < -0.39 is 5.91 Å². The molecule has 2 aromatic carbocycles. The molecule has 1 amide bonds. The Hall–Kier alpha value is -2.78. The fraction of sp³-hybridized carbons (Fsp3) is 0.0500. The lowest BCUT2D eigenvalue weighted by atomic mass is 10.1. The van der Waals surface area contributed by atoms with E-state index in [1.165, 1.54) is 10.8 Å². The Bertz CT molecular complexity index is 1130. The van der Waals surface area contributed by atoms with Gasteiger partial charge in [-0.05, 0) is 43.3 Å².